The van der Waals surface area contributed by atoms with Gasteiger partial charge in [-0.3, -0.25) is 4.79 Å². The number of rotatable bonds is 3. The average Bonchev–Trinajstić information content (AvgIpc) is 2.74. The Hall–Kier alpha value is -2.02. The second kappa shape index (κ2) is 8.38. The highest BCUT2D eigenvalue weighted by molar-refractivity contribution is 7.80. The number of methoxy groups -OCH3 is 2. The maximum absolute atomic E-state index is 12.9. The molecule has 3 aliphatic rings. The number of ketones is 1. The van der Waals surface area contributed by atoms with Crippen LogP contribution in [0.5, 0.6) is 17.2 Å². The Labute approximate surface area is 177 Å². The van der Waals surface area contributed by atoms with Crippen LogP contribution < -0.4 is 19.5 Å². The lowest BCUT2D eigenvalue weighted by atomic mass is 9.82. The first kappa shape index (κ1) is 20.3. The molecule has 2 fully saturated rings. The van der Waals surface area contributed by atoms with Gasteiger partial charge in [0.05, 0.1) is 26.2 Å². The number of carbonyl (C=O) groups is 1. The third kappa shape index (κ3) is 4.02. The summed E-state index contributed by atoms with van der Waals surface area (Å²) in [6.45, 7) is 1.57. The van der Waals surface area contributed by atoms with Crippen molar-refractivity contribution < 1.29 is 19.0 Å². The largest absolute Gasteiger partial charge is 0.493 e. The molecular formula is C22H30N2O4S. The molecule has 6 nitrogen and oxygen atoms in total. The van der Waals surface area contributed by atoms with Crippen molar-refractivity contribution in [1.82, 2.24) is 10.2 Å². The van der Waals surface area contributed by atoms with Crippen LogP contribution in [0.15, 0.2) is 12.1 Å². The highest BCUT2D eigenvalue weighted by atomic mass is 32.1. The van der Waals surface area contributed by atoms with Crippen LogP contribution in [0.3, 0.4) is 0 Å². The number of likely N-dealkylation sites (tertiary alicyclic amines) is 1. The molecule has 4 rings (SSSR count). The van der Waals surface area contributed by atoms with E-state index in [4.69, 9.17) is 26.4 Å². The molecule has 0 radical (unpaired) electrons. The number of nitrogens with zero attached hydrogens (tertiary/aromatic N) is 1. The van der Waals surface area contributed by atoms with Crippen LogP contribution in [-0.4, -0.2) is 54.7 Å². The Balaban J connectivity index is 1.45. The number of hydrogen-bond acceptors (Lipinski definition) is 5. The zero-order chi connectivity index (χ0) is 20.4. The second-order valence-electron chi connectivity index (χ2n) is 8.33. The molecule has 0 bridgehead atoms. The van der Waals surface area contributed by atoms with Gasteiger partial charge in [-0.1, -0.05) is 19.3 Å². The molecule has 0 atom stereocenters. The predicted molar refractivity (Wildman–Crippen MR) is 115 cm³/mol. The molecule has 1 saturated carbocycles. The fourth-order valence-corrected chi connectivity index (χ4v) is 5.12. The summed E-state index contributed by atoms with van der Waals surface area (Å²) in [5.74, 6) is 1.68. The van der Waals surface area contributed by atoms with Gasteiger partial charge in [0.25, 0.3) is 0 Å². The van der Waals surface area contributed by atoms with E-state index in [1.165, 1.54) is 32.1 Å². The van der Waals surface area contributed by atoms with E-state index in [9.17, 15) is 4.79 Å². The minimum atomic E-state index is -0.499. The van der Waals surface area contributed by atoms with Gasteiger partial charge >= 0.3 is 0 Å². The summed E-state index contributed by atoms with van der Waals surface area (Å²) >= 11 is 5.67. The van der Waals surface area contributed by atoms with Crippen molar-refractivity contribution in [2.24, 2.45) is 0 Å². The third-order valence-corrected chi connectivity index (χ3v) is 6.87. The van der Waals surface area contributed by atoms with Gasteiger partial charge in [0.15, 0.2) is 22.4 Å². The van der Waals surface area contributed by atoms with E-state index in [1.54, 1.807) is 26.4 Å². The highest BCUT2D eigenvalue weighted by Gasteiger charge is 2.45. The molecule has 1 saturated heterocycles. The molecule has 0 aromatic heterocycles. The summed E-state index contributed by atoms with van der Waals surface area (Å²) in [6, 6.07) is 4.03. The van der Waals surface area contributed by atoms with Crippen molar-refractivity contribution in [1.29, 1.82) is 0 Å². The van der Waals surface area contributed by atoms with Crippen LogP contribution >= 0.6 is 12.2 Å². The molecular weight excluding hydrogens is 388 g/mol. The van der Waals surface area contributed by atoms with Gasteiger partial charge in [0, 0.05) is 32.0 Å². The molecule has 158 valence electrons. The van der Waals surface area contributed by atoms with Crippen LogP contribution in [-0.2, 0) is 0 Å². The standard InChI is InChI=1S/C22H30N2O4S/c1-26-18-9-8-16-17(25)14-22(28-19(16)20(18)27-2)10-12-24(13-11-22)21(29)23-15-6-4-3-5-7-15/h8-9,15H,3-7,10-14H2,1-2H3,(H,23,29). The summed E-state index contributed by atoms with van der Waals surface area (Å²) in [4.78, 5) is 15.1. The van der Waals surface area contributed by atoms with E-state index in [2.05, 4.69) is 10.2 Å². The van der Waals surface area contributed by atoms with Gasteiger partial charge in [-0.15, -0.1) is 0 Å². The minimum absolute atomic E-state index is 0.101. The Morgan fingerprint density at radius 3 is 2.55 bits per heavy atom. The van der Waals surface area contributed by atoms with E-state index in [0.29, 0.717) is 35.3 Å². The number of piperidine rings is 1. The fourth-order valence-electron chi connectivity index (χ4n) is 4.77. The van der Waals surface area contributed by atoms with Crippen LogP contribution in [0.2, 0.25) is 0 Å². The fraction of sp³-hybridized carbons (Fsp3) is 0.636. The van der Waals surface area contributed by atoms with Crippen LogP contribution in [0, 0.1) is 0 Å². The lowest BCUT2D eigenvalue weighted by Crippen LogP contribution is -2.55. The molecule has 1 spiro atoms. The van der Waals surface area contributed by atoms with E-state index in [0.717, 1.165) is 31.0 Å². The third-order valence-electron chi connectivity index (χ3n) is 6.50. The maximum atomic E-state index is 12.9. The lowest BCUT2D eigenvalue weighted by Gasteiger charge is -2.45. The normalized spacial score (nSPS) is 21.3. The first-order valence-corrected chi connectivity index (χ1v) is 11.0. The molecule has 1 aromatic rings. The minimum Gasteiger partial charge on any atom is -0.493 e. The van der Waals surface area contributed by atoms with Crippen LogP contribution in [0.4, 0.5) is 0 Å². The predicted octanol–water partition coefficient (Wildman–Crippen LogP) is 3.71. The molecule has 0 amide bonds. The average molecular weight is 419 g/mol. The number of fused-ring (bicyclic) bond motifs is 1. The summed E-state index contributed by atoms with van der Waals surface area (Å²) in [5.41, 5.74) is 0.0749. The Morgan fingerprint density at radius 2 is 1.90 bits per heavy atom. The molecule has 1 aliphatic carbocycles. The van der Waals surface area contributed by atoms with Crippen LogP contribution in [0.1, 0.15) is 61.7 Å². The van der Waals surface area contributed by atoms with E-state index < -0.39 is 5.60 Å². The molecule has 2 aliphatic heterocycles. The SMILES string of the molecule is COc1ccc2c(c1OC)OC1(CCN(C(=S)NC3CCCCC3)CC1)CC2=O. The van der Waals surface area contributed by atoms with Gasteiger partial charge in [-0.05, 0) is 37.2 Å². The first-order chi connectivity index (χ1) is 14.0. The van der Waals surface area contributed by atoms with Gasteiger partial charge in [0.1, 0.15) is 5.60 Å². The molecule has 2 heterocycles. The topological polar surface area (TPSA) is 60.0 Å². The molecule has 0 unspecified atom stereocenters. The zero-order valence-electron chi connectivity index (χ0n) is 17.3. The Bertz CT molecular complexity index is 783. The van der Waals surface area contributed by atoms with Crippen molar-refractivity contribution in [2.45, 2.75) is 63.0 Å². The number of hydrogen-bond donors (Lipinski definition) is 1. The second-order valence-corrected chi connectivity index (χ2v) is 8.72. The molecule has 7 heteroatoms. The van der Waals surface area contributed by atoms with Crippen molar-refractivity contribution in [2.75, 3.05) is 27.3 Å². The number of thiocarbonyl (C=S) groups is 1. The van der Waals surface area contributed by atoms with Gasteiger partial charge in [-0.2, -0.15) is 0 Å². The number of ether oxygens (including phenoxy) is 3. The van der Waals surface area contributed by atoms with Crippen molar-refractivity contribution in [3.05, 3.63) is 17.7 Å². The highest BCUT2D eigenvalue weighted by Crippen LogP contribution is 2.47. The zero-order valence-corrected chi connectivity index (χ0v) is 18.1. The van der Waals surface area contributed by atoms with Crippen LogP contribution in [0.25, 0.3) is 0 Å². The summed E-state index contributed by atoms with van der Waals surface area (Å²) < 4.78 is 17.4. The van der Waals surface area contributed by atoms with Crippen molar-refractivity contribution in [3.63, 3.8) is 0 Å². The van der Waals surface area contributed by atoms with E-state index in [-0.39, 0.29) is 5.78 Å². The van der Waals surface area contributed by atoms with Gasteiger partial charge in [0.2, 0.25) is 5.75 Å². The molecule has 29 heavy (non-hydrogen) atoms. The molecule has 1 N–H and O–H groups in total. The smallest absolute Gasteiger partial charge is 0.204 e. The van der Waals surface area contributed by atoms with E-state index in [1.807, 2.05) is 0 Å². The monoisotopic (exact) mass is 418 g/mol. The number of nitrogens with one attached hydrogen (secondary N) is 1. The van der Waals surface area contributed by atoms with E-state index >= 15 is 0 Å². The van der Waals surface area contributed by atoms with Gasteiger partial charge in [-0.25, -0.2) is 0 Å². The van der Waals surface area contributed by atoms with Crippen molar-refractivity contribution in [3.8, 4) is 17.2 Å². The number of carbonyl (C=O) groups excluding carboxylic acids is 1. The molecule has 1 aromatic carbocycles. The maximum Gasteiger partial charge on any atom is 0.204 e. The summed E-state index contributed by atoms with van der Waals surface area (Å²) in [6.07, 6.45) is 8.20. The lowest BCUT2D eigenvalue weighted by molar-refractivity contribution is 0.00137. The number of benzene rings is 1. The summed E-state index contributed by atoms with van der Waals surface area (Å²) in [5, 5.41) is 4.39. The van der Waals surface area contributed by atoms with Crippen molar-refractivity contribution >= 4 is 23.1 Å². The Kier molecular flexibility index (Phi) is 5.86. The quantitative estimate of drug-likeness (QED) is 0.751. The Morgan fingerprint density at radius 1 is 1.17 bits per heavy atom. The first-order valence-electron chi connectivity index (χ1n) is 10.6. The number of Topliss-reactive ketones (excluding diaryl/α,β-unsaturated/α-hetero) is 1. The summed E-state index contributed by atoms with van der Waals surface area (Å²) in [7, 11) is 3.16. The van der Waals surface area contributed by atoms with Gasteiger partial charge < -0.3 is 24.4 Å².